The number of hydrogen-bond acceptors (Lipinski definition) is 4. The van der Waals surface area contributed by atoms with E-state index >= 15 is 0 Å². The summed E-state index contributed by atoms with van der Waals surface area (Å²) >= 11 is 3.35. The van der Waals surface area contributed by atoms with Crippen molar-refractivity contribution < 1.29 is 4.79 Å². The molecule has 7 heteroatoms. The molecule has 0 unspecified atom stereocenters. The van der Waals surface area contributed by atoms with Crippen LogP contribution >= 0.6 is 15.9 Å². The van der Waals surface area contributed by atoms with Crippen molar-refractivity contribution >= 4 is 21.8 Å². The summed E-state index contributed by atoms with van der Waals surface area (Å²) in [4.78, 5) is 18.1. The molecule has 0 fully saturated rings. The van der Waals surface area contributed by atoms with Crippen LogP contribution in [0.4, 0.5) is 0 Å². The summed E-state index contributed by atoms with van der Waals surface area (Å²) in [5.74, 6) is 1.72. The van der Waals surface area contributed by atoms with Crippen LogP contribution in [0.25, 0.3) is 0 Å². The Hall–Kier alpha value is -1.76. The van der Waals surface area contributed by atoms with Gasteiger partial charge in [-0.25, -0.2) is 4.98 Å². The molecule has 20 heavy (non-hydrogen) atoms. The van der Waals surface area contributed by atoms with Gasteiger partial charge in [-0.2, -0.15) is 0 Å². The van der Waals surface area contributed by atoms with Crippen molar-refractivity contribution in [2.45, 2.75) is 25.9 Å². The summed E-state index contributed by atoms with van der Waals surface area (Å²) in [7, 11) is 1.75. The van der Waals surface area contributed by atoms with Crippen LogP contribution in [0, 0.1) is 0 Å². The van der Waals surface area contributed by atoms with Crippen molar-refractivity contribution in [2.75, 3.05) is 7.05 Å². The predicted octanol–water partition coefficient (Wildman–Crippen LogP) is 1.65. The largest absolute Gasteiger partial charge is 0.333 e. The number of rotatable bonds is 3. The van der Waals surface area contributed by atoms with E-state index in [1.807, 2.05) is 6.07 Å². The van der Waals surface area contributed by atoms with E-state index in [2.05, 4.69) is 35.7 Å². The molecule has 0 aliphatic carbocycles. The number of nitrogens with zero attached hydrogens (tertiary/aromatic N) is 5. The van der Waals surface area contributed by atoms with E-state index in [1.54, 1.807) is 24.2 Å². The maximum absolute atomic E-state index is 12.4. The average Bonchev–Trinajstić information content (AvgIpc) is 3.03. The molecule has 2 aromatic heterocycles. The standard InChI is InChI=1S/C13H14BrN5O/c1-18(13(20)12-9(14)4-2-6-15-12)8-11-17-16-10-5-3-7-19(10)11/h2,4,6H,3,5,7-8H2,1H3. The first kappa shape index (κ1) is 13.2. The summed E-state index contributed by atoms with van der Waals surface area (Å²) in [5.41, 5.74) is 0.413. The van der Waals surface area contributed by atoms with E-state index in [0.717, 1.165) is 31.0 Å². The molecule has 0 spiro atoms. The Kier molecular flexibility index (Phi) is 3.52. The fourth-order valence-corrected chi connectivity index (χ4v) is 2.76. The molecule has 0 atom stereocenters. The molecule has 2 aromatic rings. The fraction of sp³-hybridized carbons (Fsp3) is 0.385. The number of pyridine rings is 1. The Bertz CT molecular complexity index is 654. The summed E-state index contributed by atoms with van der Waals surface area (Å²) in [6.45, 7) is 1.38. The van der Waals surface area contributed by atoms with Crippen LogP contribution in [0.1, 0.15) is 28.6 Å². The molecular weight excluding hydrogens is 322 g/mol. The third-order valence-corrected chi connectivity index (χ3v) is 4.01. The lowest BCUT2D eigenvalue weighted by Crippen LogP contribution is -2.28. The minimum Gasteiger partial charge on any atom is -0.333 e. The molecule has 3 rings (SSSR count). The van der Waals surface area contributed by atoms with E-state index in [9.17, 15) is 4.79 Å². The fourth-order valence-electron chi connectivity index (χ4n) is 2.34. The molecule has 1 aliphatic rings. The number of aryl methyl sites for hydroxylation is 1. The molecule has 6 nitrogen and oxygen atoms in total. The Balaban J connectivity index is 1.78. The van der Waals surface area contributed by atoms with Crippen molar-refractivity contribution in [1.82, 2.24) is 24.6 Å². The van der Waals surface area contributed by atoms with Crippen molar-refractivity contribution in [1.29, 1.82) is 0 Å². The number of hydrogen-bond donors (Lipinski definition) is 0. The normalized spacial score (nSPS) is 13.3. The van der Waals surface area contributed by atoms with Gasteiger partial charge in [0.1, 0.15) is 11.5 Å². The quantitative estimate of drug-likeness (QED) is 0.855. The predicted molar refractivity (Wildman–Crippen MR) is 76.1 cm³/mol. The minimum atomic E-state index is -0.132. The van der Waals surface area contributed by atoms with Crippen LogP contribution < -0.4 is 0 Å². The monoisotopic (exact) mass is 335 g/mol. The molecule has 104 valence electrons. The first-order valence-corrected chi connectivity index (χ1v) is 7.23. The smallest absolute Gasteiger partial charge is 0.273 e. The van der Waals surface area contributed by atoms with Gasteiger partial charge in [-0.05, 0) is 34.5 Å². The van der Waals surface area contributed by atoms with Gasteiger partial charge in [0.05, 0.1) is 6.54 Å². The molecule has 0 bridgehead atoms. The number of fused-ring (bicyclic) bond motifs is 1. The highest BCUT2D eigenvalue weighted by Crippen LogP contribution is 2.18. The third-order valence-electron chi connectivity index (χ3n) is 3.37. The molecule has 0 N–H and O–H groups in total. The number of aromatic nitrogens is 4. The van der Waals surface area contributed by atoms with Crippen LogP contribution in [0.5, 0.6) is 0 Å². The van der Waals surface area contributed by atoms with Crippen molar-refractivity contribution in [3.05, 3.63) is 40.1 Å². The van der Waals surface area contributed by atoms with Crippen LogP contribution in [0.3, 0.4) is 0 Å². The highest BCUT2D eigenvalue weighted by Gasteiger charge is 2.21. The topological polar surface area (TPSA) is 63.9 Å². The number of carbonyl (C=O) groups is 1. The Labute approximate surface area is 125 Å². The summed E-state index contributed by atoms with van der Waals surface area (Å²) in [6, 6.07) is 3.59. The highest BCUT2D eigenvalue weighted by atomic mass is 79.9. The van der Waals surface area contributed by atoms with Gasteiger partial charge < -0.3 is 9.47 Å². The van der Waals surface area contributed by atoms with Gasteiger partial charge in [0.2, 0.25) is 0 Å². The summed E-state index contributed by atoms with van der Waals surface area (Å²) < 4.78 is 2.79. The average molecular weight is 336 g/mol. The second-order valence-corrected chi connectivity index (χ2v) is 5.64. The SMILES string of the molecule is CN(Cc1nnc2n1CCC2)C(=O)c1ncccc1Br. The molecule has 3 heterocycles. The minimum absolute atomic E-state index is 0.132. The lowest BCUT2D eigenvalue weighted by Gasteiger charge is -2.16. The van der Waals surface area contributed by atoms with Crippen molar-refractivity contribution in [2.24, 2.45) is 0 Å². The van der Waals surface area contributed by atoms with E-state index in [0.29, 0.717) is 16.7 Å². The van der Waals surface area contributed by atoms with Crippen molar-refractivity contribution in [3.8, 4) is 0 Å². The van der Waals surface area contributed by atoms with E-state index in [-0.39, 0.29) is 5.91 Å². The Morgan fingerprint density at radius 2 is 2.35 bits per heavy atom. The number of halogens is 1. The molecule has 1 amide bonds. The van der Waals surface area contributed by atoms with Crippen LogP contribution in [0.15, 0.2) is 22.8 Å². The van der Waals surface area contributed by atoms with Crippen LogP contribution in [0.2, 0.25) is 0 Å². The molecule has 0 radical (unpaired) electrons. The van der Waals surface area contributed by atoms with Gasteiger partial charge in [0.15, 0.2) is 5.82 Å². The molecule has 0 saturated carbocycles. The first-order valence-electron chi connectivity index (χ1n) is 6.44. The van der Waals surface area contributed by atoms with Gasteiger partial charge in [-0.15, -0.1) is 10.2 Å². The number of carbonyl (C=O) groups excluding carboxylic acids is 1. The lowest BCUT2D eigenvalue weighted by molar-refractivity contribution is 0.0773. The van der Waals surface area contributed by atoms with E-state index < -0.39 is 0 Å². The van der Waals surface area contributed by atoms with Gasteiger partial charge in [0.25, 0.3) is 5.91 Å². The van der Waals surface area contributed by atoms with E-state index in [1.165, 1.54) is 0 Å². The molecule has 0 saturated heterocycles. The highest BCUT2D eigenvalue weighted by molar-refractivity contribution is 9.10. The van der Waals surface area contributed by atoms with Gasteiger partial charge in [0, 0.05) is 30.7 Å². The summed E-state index contributed by atoms with van der Waals surface area (Å²) in [6.07, 6.45) is 3.68. The Morgan fingerprint density at radius 1 is 1.50 bits per heavy atom. The first-order chi connectivity index (χ1) is 9.66. The van der Waals surface area contributed by atoms with E-state index in [4.69, 9.17) is 0 Å². The second-order valence-electron chi connectivity index (χ2n) is 4.78. The van der Waals surface area contributed by atoms with Crippen molar-refractivity contribution in [3.63, 3.8) is 0 Å². The van der Waals surface area contributed by atoms with Gasteiger partial charge >= 0.3 is 0 Å². The van der Waals surface area contributed by atoms with Gasteiger partial charge in [-0.1, -0.05) is 0 Å². The molecule has 0 aromatic carbocycles. The van der Waals surface area contributed by atoms with Gasteiger partial charge in [-0.3, -0.25) is 4.79 Å². The molecule has 1 aliphatic heterocycles. The molecular formula is C13H14BrN5O. The zero-order valence-electron chi connectivity index (χ0n) is 11.1. The third kappa shape index (κ3) is 2.33. The number of amides is 1. The Morgan fingerprint density at radius 3 is 3.15 bits per heavy atom. The zero-order valence-corrected chi connectivity index (χ0v) is 12.7. The lowest BCUT2D eigenvalue weighted by atomic mass is 10.3. The maximum Gasteiger partial charge on any atom is 0.273 e. The maximum atomic E-state index is 12.4. The summed E-state index contributed by atoms with van der Waals surface area (Å²) in [5, 5.41) is 8.31. The zero-order chi connectivity index (χ0) is 14.1. The van der Waals surface area contributed by atoms with Crippen LogP contribution in [-0.2, 0) is 19.5 Å². The van der Waals surface area contributed by atoms with Crippen LogP contribution in [-0.4, -0.2) is 37.6 Å². The second kappa shape index (κ2) is 5.32.